The maximum absolute atomic E-state index is 12.0. The number of rotatable bonds is 5. The lowest BCUT2D eigenvalue weighted by Crippen LogP contribution is -2.16. The number of nitrogens with zero attached hydrogens (tertiary/aromatic N) is 1. The fraction of sp³-hybridized carbons (Fsp3) is 0.538. The van der Waals surface area contributed by atoms with Gasteiger partial charge in [0.25, 0.3) is 0 Å². The number of hydrogen-bond acceptors (Lipinski definition) is 4. The highest BCUT2D eigenvalue weighted by molar-refractivity contribution is 8.00. The van der Waals surface area contributed by atoms with Crippen molar-refractivity contribution in [3.63, 3.8) is 0 Å². The third-order valence-corrected chi connectivity index (χ3v) is 3.93. The Kier molecular flexibility index (Phi) is 4.97. The molecule has 4 nitrogen and oxygen atoms in total. The number of nitrogens with one attached hydrogen (secondary N) is 1. The maximum Gasteiger partial charge on any atom is 0.441 e. The van der Waals surface area contributed by atoms with Crippen LogP contribution in [-0.2, 0) is 12.8 Å². The highest BCUT2D eigenvalue weighted by Crippen LogP contribution is 2.30. The van der Waals surface area contributed by atoms with Gasteiger partial charge < -0.3 is 10.4 Å². The maximum atomic E-state index is 12.0. The van der Waals surface area contributed by atoms with E-state index < -0.39 is 11.5 Å². The van der Waals surface area contributed by atoms with E-state index in [1.54, 1.807) is 6.07 Å². The second-order valence-electron chi connectivity index (χ2n) is 4.72. The Balaban J connectivity index is 2.08. The molecular formula is C13H15F3N2O2S. The van der Waals surface area contributed by atoms with E-state index in [2.05, 4.69) is 10.3 Å². The standard InChI is InChI=1S/C13H15F3N2O2S/c14-13(15,16)21-6-5-17-11-9(12(19)20)7-8-3-1-2-4-10(8)18-11/h7H,1-6H2,(H,17,18)(H,19,20). The molecule has 0 bridgehead atoms. The number of alkyl halides is 3. The van der Waals surface area contributed by atoms with Gasteiger partial charge in [-0.3, -0.25) is 0 Å². The monoisotopic (exact) mass is 320 g/mol. The number of carboxylic acid groups (broad SMARTS) is 1. The Morgan fingerprint density at radius 1 is 1.38 bits per heavy atom. The number of aromatic nitrogens is 1. The molecule has 0 aromatic carbocycles. The molecule has 1 aliphatic carbocycles. The molecule has 2 rings (SSSR count). The van der Waals surface area contributed by atoms with Crippen LogP contribution in [0.4, 0.5) is 19.0 Å². The number of hydrogen-bond donors (Lipinski definition) is 2. The zero-order chi connectivity index (χ0) is 15.5. The summed E-state index contributed by atoms with van der Waals surface area (Å²) in [6, 6.07) is 1.59. The summed E-state index contributed by atoms with van der Waals surface area (Å²) < 4.78 is 36.1. The summed E-state index contributed by atoms with van der Waals surface area (Å²) in [5.41, 5.74) is -2.49. The van der Waals surface area contributed by atoms with Crippen LogP contribution in [0.25, 0.3) is 0 Å². The minimum absolute atomic E-state index is 0.0102. The van der Waals surface area contributed by atoms with Gasteiger partial charge in [0.15, 0.2) is 0 Å². The average Bonchev–Trinajstić information content (AvgIpc) is 2.41. The fourth-order valence-corrected chi connectivity index (χ4v) is 2.70. The molecule has 116 valence electrons. The van der Waals surface area contributed by atoms with Gasteiger partial charge in [0.05, 0.1) is 0 Å². The molecule has 0 spiro atoms. The molecule has 8 heteroatoms. The van der Waals surface area contributed by atoms with Crippen LogP contribution in [0.5, 0.6) is 0 Å². The largest absolute Gasteiger partial charge is 0.478 e. The van der Waals surface area contributed by atoms with Gasteiger partial charge in [-0.05, 0) is 49.1 Å². The van der Waals surface area contributed by atoms with Gasteiger partial charge in [-0.15, -0.1) is 0 Å². The minimum Gasteiger partial charge on any atom is -0.478 e. The highest BCUT2D eigenvalue weighted by Gasteiger charge is 2.27. The molecule has 2 N–H and O–H groups in total. The highest BCUT2D eigenvalue weighted by atomic mass is 32.2. The lowest BCUT2D eigenvalue weighted by atomic mass is 9.95. The van der Waals surface area contributed by atoms with Crippen LogP contribution in [-0.4, -0.2) is 33.9 Å². The van der Waals surface area contributed by atoms with Crippen molar-refractivity contribution in [3.8, 4) is 0 Å². The van der Waals surface area contributed by atoms with Crippen LogP contribution in [0.2, 0.25) is 0 Å². The molecule has 0 saturated carbocycles. The predicted octanol–water partition coefficient (Wildman–Crippen LogP) is 3.32. The SMILES string of the molecule is O=C(O)c1cc2c(nc1NCCSC(F)(F)F)CCCC2. The van der Waals surface area contributed by atoms with Crippen molar-refractivity contribution in [2.75, 3.05) is 17.6 Å². The number of pyridine rings is 1. The van der Waals surface area contributed by atoms with Crippen LogP contribution in [0.15, 0.2) is 6.07 Å². The van der Waals surface area contributed by atoms with Crippen LogP contribution in [0.3, 0.4) is 0 Å². The van der Waals surface area contributed by atoms with E-state index in [0.29, 0.717) is 0 Å². The number of aromatic carboxylic acids is 1. The van der Waals surface area contributed by atoms with Crippen LogP contribution < -0.4 is 5.32 Å². The molecule has 21 heavy (non-hydrogen) atoms. The number of carboxylic acids is 1. The van der Waals surface area contributed by atoms with E-state index >= 15 is 0 Å². The zero-order valence-electron chi connectivity index (χ0n) is 11.2. The molecule has 1 heterocycles. The molecule has 0 saturated heterocycles. The summed E-state index contributed by atoms with van der Waals surface area (Å²) in [7, 11) is 0. The Hall–Kier alpha value is -1.44. The van der Waals surface area contributed by atoms with Crippen LogP contribution in [0.1, 0.15) is 34.5 Å². The first kappa shape index (κ1) is 15.9. The van der Waals surface area contributed by atoms with E-state index in [1.165, 1.54) is 0 Å². The number of fused-ring (bicyclic) bond motifs is 1. The Morgan fingerprint density at radius 2 is 2.10 bits per heavy atom. The first-order valence-corrected chi connectivity index (χ1v) is 7.56. The molecule has 1 aliphatic rings. The average molecular weight is 320 g/mol. The summed E-state index contributed by atoms with van der Waals surface area (Å²) in [5, 5.41) is 11.9. The van der Waals surface area contributed by atoms with E-state index in [-0.39, 0.29) is 35.4 Å². The van der Waals surface area contributed by atoms with Gasteiger partial charge in [-0.25, -0.2) is 9.78 Å². The van der Waals surface area contributed by atoms with Crippen molar-refractivity contribution >= 4 is 23.5 Å². The van der Waals surface area contributed by atoms with Crippen molar-refractivity contribution in [3.05, 3.63) is 22.9 Å². The summed E-state index contributed by atoms with van der Waals surface area (Å²) in [6.45, 7) is 0.0102. The fourth-order valence-electron chi connectivity index (χ4n) is 2.27. The van der Waals surface area contributed by atoms with Gasteiger partial charge in [0, 0.05) is 18.0 Å². The molecule has 0 radical (unpaired) electrons. The Bertz CT molecular complexity index is 535. The normalized spacial score (nSPS) is 14.6. The zero-order valence-corrected chi connectivity index (χ0v) is 12.0. The number of thioether (sulfide) groups is 1. The van der Waals surface area contributed by atoms with Gasteiger partial charge in [-0.1, -0.05) is 0 Å². The molecule has 0 fully saturated rings. The lowest BCUT2D eigenvalue weighted by Gasteiger charge is -2.18. The lowest BCUT2D eigenvalue weighted by molar-refractivity contribution is -0.0327. The summed E-state index contributed by atoms with van der Waals surface area (Å²) in [5.74, 6) is -1.16. The molecule has 1 aromatic rings. The second-order valence-corrected chi connectivity index (χ2v) is 5.88. The van der Waals surface area contributed by atoms with E-state index in [4.69, 9.17) is 0 Å². The third-order valence-electron chi connectivity index (χ3n) is 3.19. The summed E-state index contributed by atoms with van der Waals surface area (Å²) in [4.78, 5) is 15.5. The molecule has 1 aromatic heterocycles. The molecule has 0 atom stereocenters. The quantitative estimate of drug-likeness (QED) is 0.815. The van der Waals surface area contributed by atoms with Gasteiger partial charge in [0.2, 0.25) is 0 Å². The van der Waals surface area contributed by atoms with Crippen molar-refractivity contribution < 1.29 is 23.1 Å². The van der Waals surface area contributed by atoms with Gasteiger partial charge in [-0.2, -0.15) is 13.2 Å². The molecule has 0 amide bonds. The number of anilines is 1. The summed E-state index contributed by atoms with van der Waals surface area (Å²) >= 11 is -0.142. The molecular weight excluding hydrogens is 305 g/mol. The number of halogens is 3. The first-order valence-electron chi connectivity index (χ1n) is 6.57. The van der Waals surface area contributed by atoms with Crippen LogP contribution >= 0.6 is 11.8 Å². The topological polar surface area (TPSA) is 62.2 Å². The smallest absolute Gasteiger partial charge is 0.441 e. The first-order chi connectivity index (χ1) is 9.87. The minimum atomic E-state index is -4.28. The van der Waals surface area contributed by atoms with Crippen molar-refractivity contribution in [1.29, 1.82) is 0 Å². The van der Waals surface area contributed by atoms with Crippen molar-refractivity contribution in [2.24, 2.45) is 0 Å². The number of carbonyl (C=O) groups is 1. The van der Waals surface area contributed by atoms with E-state index in [1.807, 2.05) is 0 Å². The van der Waals surface area contributed by atoms with Gasteiger partial charge >= 0.3 is 11.5 Å². The Labute approximate surface area is 124 Å². The second kappa shape index (κ2) is 6.55. The van der Waals surface area contributed by atoms with Crippen molar-refractivity contribution in [2.45, 2.75) is 31.2 Å². The molecule has 0 aliphatic heterocycles. The molecule has 0 unspecified atom stereocenters. The predicted molar refractivity (Wildman–Crippen MR) is 74.8 cm³/mol. The van der Waals surface area contributed by atoms with E-state index in [9.17, 15) is 23.1 Å². The number of aryl methyl sites for hydroxylation is 2. The van der Waals surface area contributed by atoms with Crippen LogP contribution in [0, 0.1) is 0 Å². The van der Waals surface area contributed by atoms with Gasteiger partial charge in [0.1, 0.15) is 11.4 Å². The van der Waals surface area contributed by atoms with Crippen molar-refractivity contribution in [1.82, 2.24) is 4.98 Å². The van der Waals surface area contributed by atoms with E-state index in [0.717, 1.165) is 36.9 Å². The summed E-state index contributed by atoms with van der Waals surface area (Å²) in [6.07, 6.45) is 3.58. The Morgan fingerprint density at radius 3 is 2.76 bits per heavy atom. The third kappa shape index (κ3) is 4.52.